The highest BCUT2D eigenvalue weighted by Crippen LogP contribution is 2.35. The number of nitrogens with zero attached hydrogens (tertiary/aromatic N) is 2. The molecule has 2 aromatic rings. The van der Waals surface area contributed by atoms with Crippen LogP contribution in [0, 0.1) is 0 Å². The molecule has 1 amide bonds. The van der Waals surface area contributed by atoms with Gasteiger partial charge in [0.15, 0.2) is 10.8 Å². The molecule has 28 heavy (non-hydrogen) atoms. The number of halogens is 1. The van der Waals surface area contributed by atoms with Gasteiger partial charge in [0.25, 0.3) is 5.91 Å². The van der Waals surface area contributed by atoms with Crippen molar-refractivity contribution in [2.45, 2.75) is 11.8 Å². The van der Waals surface area contributed by atoms with Gasteiger partial charge in [-0.15, -0.1) is 0 Å². The summed E-state index contributed by atoms with van der Waals surface area (Å²) in [6.07, 6.45) is 0. The largest absolute Gasteiger partial charge is 0.331 e. The molecule has 0 spiro atoms. The quantitative estimate of drug-likeness (QED) is 0.454. The smallest absolute Gasteiger partial charge is 0.279 e. The molecule has 0 aliphatic carbocycles. The van der Waals surface area contributed by atoms with Crippen LogP contribution in [-0.4, -0.2) is 31.7 Å². The molecule has 1 aliphatic heterocycles. The highest BCUT2D eigenvalue weighted by Gasteiger charge is 2.34. The van der Waals surface area contributed by atoms with Crippen molar-refractivity contribution in [3.63, 3.8) is 0 Å². The maximum Gasteiger partial charge on any atom is 0.279 e. The van der Waals surface area contributed by atoms with Gasteiger partial charge in [-0.05, 0) is 65.4 Å². The van der Waals surface area contributed by atoms with E-state index in [0.29, 0.717) is 17.8 Å². The van der Waals surface area contributed by atoms with Crippen LogP contribution in [-0.2, 0) is 14.8 Å². The van der Waals surface area contributed by atoms with E-state index in [0.717, 1.165) is 10.2 Å². The van der Waals surface area contributed by atoms with Gasteiger partial charge in [-0.3, -0.25) is 10.2 Å². The van der Waals surface area contributed by atoms with Crippen LogP contribution in [0.1, 0.15) is 12.5 Å². The lowest BCUT2D eigenvalue weighted by Crippen LogP contribution is -2.32. The van der Waals surface area contributed by atoms with Crippen LogP contribution in [0.5, 0.6) is 0 Å². The standard InChI is InChI=1S/C17H16BrN5O3S2/c1-2-23-15-12(4-3-5-13(15)18)14(16(23)24)21-22-17(27)20-10-6-8-11(9-7-10)28(19,25)26/h3-9H,2H2,1H3,(H2,19,25,26)(H2,20,22,27). The number of hydrogen-bond donors (Lipinski definition) is 3. The lowest BCUT2D eigenvalue weighted by Gasteiger charge is -2.14. The summed E-state index contributed by atoms with van der Waals surface area (Å²) in [6.45, 7) is 2.39. The number of benzene rings is 2. The molecule has 0 saturated carbocycles. The summed E-state index contributed by atoms with van der Waals surface area (Å²) in [4.78, 5) is 14.3. The first-order valence-corrected chi connectivity index (χ1v) is 10.9. The van der Waals surface area contributed by atoms with Crippen LogP contribution >= 0.6 is 28.1 Å². The van der Waals surface area contributed by atoms with Crippen molar-refractivity contribution in [2.75, 3.05) is 16.8 Å². The molecule has 0 unspecified atom stereocenters. The molecule has 3 rings (SSSR count). The highest BCUT2D eigenvalue weighted by atomic mass is 79.9. The number of fused-ring (bicyclic) bond motifs is 1. The summed E-state index contributed by atoms with van der Waals surface area (Å²) >= 11 is 8.66. The summed E-state index contributed by atoms with van der Waals surface area (Å²) in [5, 5.41) is 12.3. The molecule has 4 N–H and O–H groups in total. The number of carbonyl (C=O) groups is 1. The molecule has 0 atom stereocenters. The Morgan fingerprint density at radius 3 is 2.54 bits per heavy atom. The maximum absolute atomic E-state index is 12.6. The SMILES string of the molecule is CCN1C(=O)C(=NNC(=S)Nc2ccc(S(N)(=O)=O)cc2)c2cccc(Br)c21. The van der Waals surface area contributed by atoms with E-state index < -0.39 is 10.0 Å². The Morgan fingerprint density at radius 2 is 1.93 bits per heavy atom. The third-order valence-corrected chi connectivity index (χ3v) is 5.75. The number of anilines is 2. The number of thiocarbonyl (C=S) groups is 1. The number of primary sulfonamides is 1. The van der Waals surface area contributed by atoms with Crippen molar-refractivity contribution in [3.8, 4) is 0 Å². The Bertz CT molecular complexity index is 1080. The van der Waals surface area contributed by atoms with Gasteiger partial charge in [0, 0.05) is 22.3 Å². The number of likely N-dealkylation sites (N-methyl/N-ethyl adjacent to an activating group) is 1. The average Bonchev–Trinajstić information content (AvgIpc) is 2.92. The van der Waals surface area contributed by atoms with Gasteiger partial charge < -0.3 is 10.2 Å². The van der Waals surface area contributed by atoms with Crippen LogP contribution < -0.4 is 20.8 Å². The number of hydrogen-bond acceptors (Lipinski definition) is 5. The first-order chi connectivity index (χ1) is 13.2. The van der Waals surface area contributed by atoms with Crippen molar-refractivity contribution in [3.05, 3.63) is 52.5 Å². The number of nitrogens with one attached hydrogen (secondary N) is 2. The topological polar surface area (TPSA) is 117 Å². The molecular formula is C17H16BrN5O3S2. The minimum atomic E-state index is -3.76. The minimum absolute atomic E-state index is 0.00411. The molecule has 1 heterocycles. The van der Waals surface area contributed by atoms with Gasteiger partial charge in [-0.1, -0.05) is 12.1 Å². The Morgan fingerprint density at radius 1 is 1.25 bits per heavy atom. The predicted octanol–water partition coefficient (Wildman–Crippen LogP) is 2.15. The third kappa shape index (κ3) is 4.07. The predicted molar refractivity (Wildman–Crippen MR) is 116 cm³/mol. The zero-order valence-corrected chi connectivity index (χ0v) is 17.9. The fourth-order valence-electron chi connectivity index (χ4n) is 2.73. The molecule has 2 aromatic carbocycles. The van der Waals surface area contributed by atoms with Gasteiger partial charge >= 0.3 is 0 Å². The first kappa shape index (κ1) is 20.4. The van der Waals surface area contributed by atoms with Gasteiger partial charge in [-0.25, -0.2) is 13.6 Å². The van der Waals surface area contributed by atoms with Crippen molar-refractivity contribution < 1.29 is 13.2 Å². The summed E-state index contributed by atoms with van der Waals surface area (Å²) < 4.78 is 23.4. The second-order valence-corrected chi connectivity index (χ2v) is 8.61. The Balaban J connectivity index is 1.76. The summed E-state index contributed by atoms with van der Waals surface area (Å²) in [5.74, 6) is -0.225. The van der Waals surface area contributed by atoms with E-state index in [4.69, 9.17) is 17.4 Å². The normalized spacial score (nSPS) is 14.9. The van der Waals surface area contributed by atoms with Gasteiger partial charge in [0.2, 0.25) is 10.0 Å². The van der Waals surface area contributed by atoms with Crippen LogP contribution in [0.2, 0.25) is 0 Å². The number of hydrazone groups is 1. The average molecular weight is 482 g/mol. The minimum Gasteiger partial charge on any atom is -0.331 e. The Hall–Kier alpha value is -2.34. The van der Waals surface area contributed by atoms with E-state index >= 15 is 0 Å². The molecule has 1 aliphatic rings. The van der Waals surface area contributed by atoms with Crippen LogP contribution in [0.15, 0.2) is 56.9 Å². The van der Waals surface area contributed by atoms with E-state index in [1.165, 1.54) is 24.3 Å². The fraction of sp³-hybridized carbons (Fsp3) is 0.118. The zero-order valence-electron chi connectivity index (χ0n) is 14.6. The van der Waals surface area contributed by atoms with Gasteiger partial charge in [-0.2, -0.15) is 5.10 Å². The van der Waals surface area contributed by atoms with Crippen molar-refractivity contribution in [1.29, 1.82) is 0 Å². The van der Waals surface area contributed by atoms with Crippen LogP contribution in [0.3, 0.4) is 0 Å². The Labute approximate surface area is 176 Å². The summed E-state index contributed by atoms with van der Waals surface area (Å²) in [5.41, 5.74) is 4.93. The summed E-state index contributed by atoms with van der Waals surface area (Å²) in [6, 6.07) is 11.3. The van der Waals surface area contributed by atoms with E-state index in [2.05, 4.69) is 31.8 Å². The number of nitrogens with two attached hydrogens (primary N) is 1. The molecule has 8 nitrogen and oxygen atoms in total. The Kier molecular flexibility index (Phi) is 5.79. The van der Waals surface area contributed by atoms with Crippen molar-refractivity contribution in [1.82, 2.24) is 5.43 Å². The lowest BCUT2D eigenvalue weighted by atomic mass is 10.1. The zero-order chi connectivity index (χ0) is 20.5. The van der Waals surface area contributed by atoms with Crippen LogP contribution in [0.25, 0.3) is 0 Å². The molecule has 0 bridgehead atoms. The highest BCUT2D eigenvalue weighted by molar-refractivity contribution is 9.10. The van der Waals surface area contributed by atoms with Gasteiger partial charge in [0.05, 0.1) is 10.6 Å². The lowest BCUT2D eigenvalue weighted by molar-refractivity contribution is -0.112. The molecule has 0 saturated heterocycles. The van der Waals surface area contributed by atoms with Crippen LogP contribution in [0.4, 0.5) is 11.4 Å². The van der Waals surface area contributed by atoms with E-state index in [1.807, 2.05) is 25.1 Å². The first-order valence-electron chi connectivity index (χ1n) is 8.10. The van der Waals surface area contributed by atoms with E-state index in [9.17, 15) is 13.2 Å². The van der Waals surface area contributed by atoms with E-state index in [-0.39, 0.29) is 21.6 Å². The number of para-hydroxylation sites is 1. The fourth-order valence-corrected chi connectivity index (χ4v) is 3.99. The second-order valence-electron chi connectivity index (χ2n) is 5.78. The van der Waals surface area contributed by atoms with Crippen molar-refractivity contribution in [2.24, 2.45) is 10.2 Å². The third-order valence-electron chi connectivity index (χ3n) is 3.99. The van der Waals surface area contributed by atoms with Crippen molar-refractivity contribution >= 4 is 66.3 Å². The number of carbonyl (C=O) groups excluding carboxylic acids is 1. The molecule has 146 valence electrons. The second kappa shape index (κ2) is 7.95. The number of rotatable bonds is 4. The number of amides is 1. The number of sulfonamides is 1. The van der Waals surface area contributed by atoms with E-state index in [1.54, 1.807) is 4.90 Å². The van der Waals surface area contributed by atoms with Gasteiger partial charge in [0.1, 0.15) is 0 Å². The molecule has 0 radical (unpaired) electrons. The molecule has 11 heteroatoms. The molecular weight excluding hydrogens is 466 g/mol. The maximum atomic E-state index is 12.6. The summed E-state index contributed by atoms with van der Waals surface area (Å²) in [7, 11) is -3.76. The molecule has 0 aromatic heterocycles. The monoisotopic (exact) mass is 481 g/mol. The molecule has 0 fully saturated rings.